The lowest BCUT2D eigenvalue weighted by Gasteiger charge is -2.21. The van der Waals surface area contributed by atoms with Crippen LogP contribution in [0.2, 0.25) is 0 Å². The normalized spacial score (nSPS) is 20.9. The molecule has 1 aromatic rings. The molecule has 25 heavy (non-hydrogen) atoms. The van der Waals surface area contributed by atoms with E-state index in [1.54, 1.807) is 9.80 Å². The molecule has 0 bridgehead atoms. The van der Waals surface area contributed by atoms with E-state index in [2.05, 4.69) is 0 Å². The lowest BCUT2D eigenvalue weighted by atomic mass is 10.2. The van der Waals surface area contributed by atoms with Gasteiger partial charge in [-0.2, -0.15) is 0 Å². The molecule has 0 N–H and O–H groups in total. The second-order valence-corrected chi connectivity index (χ2v) is 6.21. The van der Waals surface area contributed by atoms with E-state index in [0.29, 0.717) is 31.7 Å². The number of nitrogens with zero attached hydrogens (tertiary/aromatic N) is 2. The van der Waals surface area contributed by atoms with Crippen LogP contribution in [0.5, 0.6) is 0 Å². The zero-order valence-electron chi connectivity index (χ0n) is 13.8. The standard InChI is InChI=1S/C18H20F2N2O3/c19-15-3-1-13(11-16(15)20)2-4-17(23)22-8-6-18(24)21(9-10-22)7-5-14-12-25-14/h1-4,11,14H,5-10,12H2. The van der Waals surface area contributed by atoms with E-state index in [1.807, 2.05) is 0 Å². The maximum absolute atomic E-state index is 13.2. The van der Waals surface area contributed by atoms with E-state index in [9.17, 15) is 18.4 Å². The Labute approximate surface area is 144 Å². The molecule has 1 aromatic carbocycles. The Kier molecular flexibility index (Phi) is 5.43. The van der Waals surface area contributed by atoms with Gasteiger partial charge in [-0.05, 0) is 30.2 Å². The third-order valence-corrected chi connectivity index (χ3v) is 4.39. The Balaban J connectivity index is 1.55. The number of ether oxygens (including phenoxy) is 1. The Morgan fingerprint density at radius 2 is 2.04 bits per heavy atom. The van der Waals surface area contributed by atoms with Crippen molar-refractivity contribution in [1.29, 1.82) is 0 Å². The Bertz CT molecular complexity index is 689. The van der Waals surface area contributed by atoms with Gasteiger partial charge in [-0.1, -0.05) is 6.07 Å². The predicted octanol–water partition coefficient (Wildman–Crippen LogP) is 1.83. The molecule has 0 aliphatic carbocycles. The van der Waals surface area contributed by atoms with Crippen LogP contribution in [0.25, 0.3) is 6.08 Å². The van der Waals surface area contributed by atoms with Gasteiger partial charge in [0.05, 0.1) is 12.7 Å². The highest BCUT2D eigenvalue weighted by Gasteiger charge is 2.26. The topological polar surface area (TPSA) is 53.2 Å². The van der Waals surface area contributed by atoms with Gasteiger partial charge in [-0.3, -0.25) is 9.59 Å². The van der Waals surface area contributed by atoms with Crippen LogP contribution in [0.4, 0.5) is 8.78 Å². The molecule has 0 saturated carbocycles. The van der Waals surface area contributed by atoms with Crippen LogP contribution in [-0.4, -0.2) is 60.5 Å². The Hall–Kier alpha value is -2.28. The van der Waals surface area contributed by atoms with Crippen LogP contribution in [0.3, 0.4) is 0 Å². The Morgan fingerprint density at radius 3 is 2.76 bits per heavy atom. The minimum Gasteiger partial charge on any atom is -0.373 e. The predicted molar refractivity (Wildman–Crippen MR) is 87.5 cm³/mol. The molecular formula is C18H20F2N2O3. The molecule has 0 radical (unpaired) electrons. The van der Waals surface area contributed by atoms with Gasteiger partial charge in [0, 0.05) is 38.7 Å². The van der Waals surface area contributed by atoms with Crippen molar-refractivity contribution in [2.75, 3.05) is 32.8 Å². The van der Waals surface area contributed by atoms with Crippen LogP contribution in [0.1, 0.15) is 18.4 Å². The smallest absolute Gasteiger partial charge is 0.246 e. The summed E-state index contributed by atoms with van der Waals surface area (Å²) in [6, 6.07) is 3.45. The lowest BCUT2D eigenvalue weighted by Crippen LogP contribution is -2.36. The van der Waals surface area contributed by atoms with E-state index in [0.717, 1.165) is 25.2 Å². The maximum atomic E-state index is 13.2. The molecule has 134 valence electrons. The molecule has 7 heteroatoms. The third-order valence-electron chi connectivity index (χ3n) is 4.39. The summed E-state index contributed by atoms with van der Waals surface area (Å²) in [5.74, 6) is -2.08. The number of carbonyl (C=O) groups excluding carboxylic acids is 2. The Morgan fingerprint density at radius 1 is 1.24 bits per heavy atom. The van der Waals surface area contributed by atoms with Gasteiger partial charge < -0.3 is 14.5 Å². The molecule has 2 aliphatic rings. The quantitative estimate of drug-likeness (QED) is 0.601. The molecule has 1 unspecified atom stereocenters. The van der Waals surface area contributed by atoms with Crippen molar-refractivity contribution < 1.29 is 23.1 Å². The first kappa shape index (κ1) is 17.5. The molecule has 5 nitrogen and oxygen atoms in total. The summed E-state index contributed by atoms with van der Waals surface area (Å²) in [5.41, 5.74) is 0.407. The minimum absolute atomic E-state index is 0.0422. The van der Waals surface area contributed by atoms with Gasteiger partial charge in [0.1, 0.15) is 0 Å². The summed E-state index contributed by atoms with van der Waals surface area (Å²) in [6.07, 6.45) is 4.16. The van der Waals surface area contributed by atoms with E-state index in [1.165, 1.54) is 18.2 Å². The van der Waals surface area contributed by atoms with Crippen LogP contribution in [-0.2, 0) is 14.3 Å². The summed E-state index contributed by atoms with van der Waals surface area (Å²) in [6.45, 7) is 2.72. The monoisotopic (exact) mass is 350 g/mol. The van der Waals surface area contributed by atoms with Crippen molar-refractivity contribution >= 4 is 17.9 Å². The average Bonchev–Trinajstić information content (AvgIpc) is 3.42. The fourth-order valence-corrected chi connectivity index (χ4v) is 2.75. The first-order chi connectivity index (χ1) is 12.0. The average molecular weight is 350 g/mol. The third kappa shape index (κ3) is 4.85. The maximum Gasteiger partial charge on any atom is 0.246 e. The van der Waals surface area contributed by atoms with E-state index < -0.39 is 11.6 Å². The minimum atomic E-state index is -0.953. The fourth-order valence-electron chi connectivity index (χ4n) is 2.75. The zero-order valence-corrected chi connectivity index (χ0v) is 13.8. The molecule has 2 saturated heterocycles. The molecule has 1 atom stereocenters. The van der Waals surface area contributed by atoms with Crippen molar-refractivity contribution in [2.45, 2.75) is 18.9 Å². The van der Waals surface area contributed by atoms with E-state index in [4.69, 9.17) is 4.74 Å². The molecule has 2 amide bonds. The van der Waals surface area contributed by atoms with Gasteiger partial charge in [0.2, 0.25) is 11.8 Å². The summed E-state index contributed by atoms with van der Waals surface area (Å²) < 4.78 is 31.2. The summed E-state index contributed by atoms with van der Waals surface area (Å²) in [4.78, 5) is 27.8. The first-order valence-electron chi connectivity index (χ1n) is 8.34. The van der Waals surface area contributed by atoms with Crippen molar-refractivity contribution in [3.05, 3.63) is 41.5 Å². The molecular weight excluding hydrogens is 330 g/mol. The second-order valence-electron chi connectivity index (χ2n) is 6.21. The van der Waals surface area contributed by atoms with Crippen molar-refractivity contribution in [1.82, 2.24) is 9.80 Å². The summed E-state index contributed by atoms with van der Waals surface area (Å²) in [5, 5.41) is 0. The number of carbonyl (C=O) groups is 2. The van der Waals surface area contributed by atoms with Crippen molar-refractivity contribution in [2.24, 2.45) is 0 Å². The number of amides is 2. The van der Waals surface area contributed by atoms with E-state index in [-0.39, 0.29) is 24.3 Å². The van der Waals surface area contributed by atoms with E-state index >= 15 is 0 Å². The van der Waals surface area contributed by atoms with Crippen LogP contribution in [0.15, 0.2) is 24.3 Å². The SMILES string of the molecule is O=C(C=Cc1ccc(F)c(F)c1)N1CCC(=O)N(CCC2CO2)CC1. The van der Waals surface area contributed by atoms with Gasteiger partial charge in [-0.25, -0.2) is 8.78 Å². The largest absolute Gasteiger partial charge is 0.373 e. The highest BCUT2D eigenvalue weighted by molar-refractivity contribution is 5.92. The van der Waals surface area contributed by atoms with Gasteiger partial charge in [-0.15, -0.1) is 0 Å². The second kappa shape index (κ2) is 7.74. The van der Waals surface area contributed by atoms with Crippen LogP contribution < -0.4 is 0 Å². The van der Waals surface area contributed by atoms with Gasteiger partial charge in [0.15, 0.2) is 11.6 Å². The van der Waals surface area contributed by atoms with Crippen molar-refractivity contribution in [3.63, 3.8) is 0 Å². The van der Waals surface area contributed by atoms with Gasteiger partial charge >= 0.3 is 0 Å². The van der Waals surface area contributed by atoms with Crippen LogP contribution >= 0.6 is 0 Å². The number of benzene rings is 1. The molecule has 2 aliphatic heterocycles. The molecule has 3 rings (SSSR count). The summed E-state index contributed by atoms with van der Waals surface area (Å²) >= 11 is 0. The fraction of sp³-hybridized carbons (Fsp3) is 0.444. The molecule has 0 spiro atoms. The molecule has 2 fully saturated rings. The number of halogens is 2. The van der Waals surface area contributed by atoms with Crippen molar-refractivity contribution in [3.8, 4) is 0 Å². The van der Waals surface area contributed by atoms with Crippen LogP contribution in [0, 0.1) is 11.6 Å². The summed E-state index contributed by atoms with van der Waals surface area (Å²) in [7, 11) is 0. The highest BCUT2D eigenvalue weighted by Crippen LogP contribution is 2.15. The first-order valence-corrected chi connectivity index (χ1v) is 8.34. The van der Waals surface area contributed by atoms with Gasteiger partial charge in [0.25, 0.3) is 0 Å². The zero-order chi connectivity index (χ0) is 17.8. The number of epoxide rings is 1. The number of hydrogen-bond acceptors (Lipinski definition) is 3. The number of rotatable bonds is 5. The molecule has 0 aromatic heterocycles. The lowest BCUT2D eigenvalue weighted by molar-refractivity contribution is -0.130. The number of hydrogen-bond donors (Lipinski definition) is 0. The molecule has 2 heterocycles. The highest BCUT2D eigenvalue weighted by atomic mass is 19.2.